The van der Waals surface area contributed by atoms with Crippen LogP contribution in [0.1, 0.15) is 37.4 Å². The predicted molar refractivity (Wildman–Crippen MR) is 103 cm³/mol. The first-order chi connectivity index (χ1) is 12.6. The number of anilines is 1. The van der Waals surface area contributed by atoms with Crippen LogP contribution in [0.25, 0.3) is 11.1 Å². The van der Waals surface area contributed by atoms with Crippen LogP contribution < -0.4 is 5.73 Å². The van der Waals surface area contributed by atoms with E-state index in [9.17, 15) is 9.59 Å². The Morgan fingerprint density at radius 3 is 2.00 bits per heavy atom. The quantitative estimate of drug-likeness (QED) is 0.443. The van der Waals surface area contributed by atoms with Crippen LogP contribution in [0.3, 0.4) is 0 Å². The van der Waals surface area contributed by atoms with Gasteiger partial charge < -0.3 is 5.73 Å². The SMILES string of the molecule is C=CCc1ccccc1-c1ccc2c(c1N)C(=O)c1ccccc1C2=O. The first-order valence-electron chi connectivity index (χ1n) is 8.43. The number of nitrogens with two attached hydrogens (primary N) is 1. The zero-order chi connectivity index (χ0) is 18.3. The number of allylic oxidation sites excluding steroid dienone is 1. The number of hydrogen-bond acceptors (Lipinski definition) is 3. The molecule has 0 radical (unpaired) electrons. The Morgan fingerprint density at radius 2 is 1.31 bits per heavy atom. The molecule has 0 saturated carbocycles. The predicted octanol–water partition coefficient (Wildman–Crippen LogP) is 4.44. The molecule has 0 saturated heterocycles. The summed E-state index contributed by atoms with van der Waals surface area (Å²) >= 11 is 0. The van der Waals surface area contributed by atoms with E-state index in [1.165, 1.54) is 0 Å². The van der Waals surface area contributed by atoms with Crippen LogP contribution in [0.4, 0.5) is 5.69 Å². The van der Waals surface area contributed by atoms with Gasteiger partial charge in [0, 0.05) is 22.3 Å². The molecule has 0 unspecified atom stereocenters. The second kappa shape index (κ2) is 6.12. The summed E-state index contributed by atoms with van der Waals surface area (Å²) in [5.74, 6) is -0.358. The monoisotopic (exact) mass is 339 g/mol. The fourth-order valence-electron chi connectivity index (χ4n) is 3.56. The number of carbonyl (C=O) groups is 2. The van der Waals surface area contributed by atoms with Gasteiger partial charge in [0.25, 0.3) is 0 Å². The second-order valence-corrected chi connectivity index (χ2v) is 6.30. The van der Waals surface area contributed by atoms with Gasteiger partial charge in [-0.15, -0.1) is 6.58 Å². The topological polar surface area (TPSA) is 60.2 Å². The molecule has 0 aromatic heterocycles. The molecular weight excluding hydrogens is 322 g/mol. The minimum absolute atomic E-state index is 0.159. The van der Waals surface area contributed by atoms with E-state index < -0.39 is 0 Å². The molecule has 3 aromatic rings. The lowest BCUT2D eigenvalue weighted by Crippen LogP contribution is -2.22. The van der Waals surface area contributed by atoms with Crippen LogP contribution in [0, 0.1) is 0 Å². The third-order valence-electron chi connectivity index (χ3n) is 4.81. The van der Waals surface area contributed by atoms with Crippen molar-refractivity contribution in [2.24, 2.45) is 0 Å². The highest BCUT2D eigenvalue weighted by molar-refractivity contribution is 6.30. The molecule has 0 amide bonds. The molecular formula is C23H17NO2. The van der Waals surface area contributed by atoms with Crippen molar-refractivity contribution >= 4 is 17.3 Å². The van der Waals surface area contributed by atoms with Crippen molar-refractivity contribution in [3.05, 3.63) is 101 Å². The van der Waals surface area contributed by atoms with Gasteiger partial charge in [-0.25, -0.2) is 0 Å². The molecule has 4 rings (SSSR count). The van der Waals surface area contributed by atoms with E-state index in [4.69, 9.17) is 5.73 Å². The Balaban J connectivity index is 1.95. The molecule has 3 aromatic carbocycles. The van der Waals surface area contributed by atoms with E-state index in [1.807, 2.05) is 36.4 Å². The highest BCUT2D eigenvalue weighted by Crippen LogP contribution is 2.37. The minimum Gasteiger partial charge on any atom is -0.398 e. The molecule has 126 valence electrons. The highest BCUT2D eigenvalue weighted by Gasteiger charge is 2.32. The normalized spacial score (nSPS) is 12.5. The molecule has 0 heterocycles. The molecule has 0 spiro atoms. The summed E-state index contributed by atoms with van der Waals surface area (Å²) in [7, 11) is 0. The van der Waals surface area contributed by atoms with Gasteiger partial charge in [0.1, 0.15) is 0 Å². The molecule has 0 fully saturated rings. The number of ketones is 2. The first-order valence-corrected chi connectivity index (χ1v) is 8.43. The van der Waals surface area contributed by atoms with E-state index in [-0.39, 0.29) is 11.6 Å². The fraction of sp³-hybridized carbons (Fsp3) is 0.0435. The molecule has 3 heteroatoms. The molecule has 0 bridgehead atoms. The maximum atomic E-state index is 13.0. The number of benzene rings is 3. The van der Waals surface area contributed by atoms with Gasteiger partial charge in [-0.2, -0.15) is 0 Å². The van der Waals surface area contributed by atoms with E-state index in [1.54, 1.807) is 30.3 Å². The van der Waals surface area contributed by atoms with E-state index in [0.29, 0.717) is 34.4 Å². The third kappa shape index (κ3) is 2.29. The Kier molecular flexibility index (Phi) is 3.77. The lowest BCUT2D eigenvalue weighted by atomic mass is 9.81. The number of carbonyl (C=O) groups excluding carboxylic acids is 2. The second-order valence-electron chi connectivity index (χ2n) is 6.30. The van der Waals surface area contributed by atoms with Crippen molar-refractivity contribution in [2.75, 3.05) is 5.73 Å². The van der Waals surface area contributed by atoms with Gasteiger partial charge in [-0.3, -0.25) is 9.59 Å². The summed E-state index contributed by atoms with van der Waals surface area (Å²) in [4.78, 5) is 25.8. The van der Waals surface area contributed by atoms with Gasteiger partial charge in [0.15, 0.2) is 11.6 Å². The van der Waals surface area contributed by atoms with Crippen LogP contribution in [-0.2, 0) is 6.42 Å². The summed E-state index contributed by atoms with van der Waals surface area (Å²) in [6.07, 6.45) is 2.53. The van der Waals surface area contributed by atoms with Gasteiger partial charge in [0.2, 0.25) is 0 Å². The van der Waals surface area contributed by atoms with Crippen LogP contribution >= 0.6 is 0 Å². The van der Waals surface area contributed by atoms with Crippen molar-refractivity contribution in [2.45, 2.75) is 6.42 Å². The van der Waals surface area contributed by atoms with Gasteiger partial charge in [0.05, 0.1) is 11.3 Å². The maximum Gasteiger partial charge on any atom is 0.196 e. The van der Waals surface area contributed by atoms with Crippen molar-refractivity contribution in [3.8, 4) is 11.1 Å². The standard InChI is InChI=1S/C23H17NO2/c1-2-7-14-8-3-4-9-15(14)16-12-13-19-20(21(16)24)23(26)18-11-6-5-10-17(18)22(19)25/h2-6,8-13H,1,7,24H2. The number of fused-ring (bicyclic) bond motifs is 2. The minimum atomic E-state index is -0.198. The molecule has 0 atom stereocenters. The molecule has 1 aliphatic carbocycles. The van der Waals surface area contributed by atoms with Crippen LogP contribution in [0.2, 0.25) is 0 Å². The van der Waals surface area contributed by atoms with E-state index >= 15 is 0 Å². The van der Waals surface area contributed by atoms with Crippen LogP contribution in [0.15, 0.2) is 73.3 Å². The van der Waals surface area contributed by atoms with Crippen molar-refractivity contribution < 1.29 is 9.59 Å². The Morgan fingerprint density at radius 1 is 0.731 bits per heavy atom. The summed E-state index contributed by atoms with van der Waals surface area (Å²) in [5, 5.41) is 0. The van der Waals surface area contributed by atoms with E-state index in [2.05, 4.69) is 6.58 Å². The lowest BCUT2D eigenvalue weighted by Gasteiger charge is -2.21. The average molecular weight is 339 g/mol. The summed E-state index contributed by atoms with van der Waals surface area (Å²) < 4.78 is 0. The van der Waals surface area contributed by atoms with Crippen LogP contribution in [-0.4, -0.2) is 11.6 Å². The van der Waals surface area contributed by atoms with Crippen molar-refractivity contribution in [1.29, 1.82) is 0 Å². The summed E-state index contributed by atoms with van der Waals surface area (Å²) in [6.45, 7) is 3.80. The summed E-state index contributed by atoms with van der Waals surface area (Å²) in [5.41, 5.74) is 11.1. The van der Waals surface area contributed by atoms with Crippen molar-refractivity contribution in [1.82, 2.24) is 0 Å². The largest absolute Gasteiger partial charge is 0.398 e. The zero-order valence-corrected chi connectivity index (χ0v) is 14.2. The number of rotatable bonds is 3. The number of nitrogen functional groups attached to an aromatic ring is 1. The third-order valence-corrected chi connectivity index (χ3v) is 4.81. The molecule has 3 nitrogen and oxygen atoms in total. The zero-order valence-electron chi connectivity index (χ0n) is 14.2. The number of hydrogen-bond donors (Lipinski definition) is 1. The van der Waals surface area contributed by atoms with Crippen LogP contribution in [0.5, 0.6) is 0 Å². The van der Waals surface area contributed by atoms with Crippen molar-refractivity contribution in [3.63, 3.8) is 0 Å². The Hall–Kier alpha value is -3.46. The molecule has 2 N–H and O–H groups in total. The Labute approximate surface area is 151 Å². The lowest BCUT2D eigenvalue weighted by molar-refractivity contribution is 0.0980. The maximum absolute atomic E-state index is 13.0. The van der Waals surface area contributed by atoms with E-state index in [0.717, 1.165) is 16.7 Å². The smallest absolute Gasteiger partial charge is 0.196 e. The Bertz CT molecular complexity index is 1080. The summed E-state index contributed by atoms with van der Waals surface area (Å²) in [6, 6.07) is 18.3. The molecule has 26 heavy (non-hydrogen) atoms. The molecule has 1 aliphatic rings. The van der Waals surface area contributed by atoms with Gasteiger partial charge in [-0.1, -0.05) is 60.7 Å². The van der Waals surface area contributed by atoms with Gasteiger partial charge in [-0.05, 0) is 23.6 Å². The van der Waals surface area contributed by atoms with Gasteiger partial charge >= 0.3 is 0 Å². The highest BCUT2D eigenvalue weighted by atomic mass is 16.1. The first kappa shape index (κ1) is 16.0. The average Bonchev–Trinajstić information content (AvgIpc) is 2.67. The fourth-order valence-corrected chi connectivity index (χ4v) is 3.56. The molecule has 0 aliphatic heterocycles.